The van der Waals surface area contributed by atoms with E-state index in [2.05, 4.69) is 24.4 Å². The van der Waals surface area contributed by atoms with Crippen LogP contribution in [-0.4, -0.2) is 11.5 Å². The van der Waals surface area contributed by atoms with Gasteiger partial charge in [0.1, 0.15) is 0 Å². The van der Waals surface area contributed by atoms with E-state index in [0.717, 1.165) is 31.5 Å². The summed E-state index contributed by atoms with van der Waals surface area (Å²) in [5, 5.41) is 14.0. The lowest BCUT2D eigenvalue weighted by Gasteiger charge is -2.03. The van der Waals surface area contributed by atoms with Crippen molar-refractivity contribution in [3.8, 4) is 0 Å². The van der Waals surface area contributed by atoms with E-state index in [9.17, 15) is 10.1 Å². The summed E-state index contributed by atoms with van der Waals surface area (Å²) in [5.74, 6) is 0. The number of nitro benzene ring substituents is 1. The van der Waals surface area contributed by atoms with Gasteiger partial charge >= 0.3 is 0 Å². The molecule has 1 heterocycles. The minimum Gasteiger partial charge on any atom is -0.312 e. The molecule has 106 valence electrons. The molecule has 4 nitrogen and oxygen atoms in total. The van der Waals surface area contributed by atoms with Crippen molar-refractivity contribution in [2.24, 2.45) is 0 Å². The predicted molar refractivity (Wildman–Crippen MR) is 82.2 cm³/mol. The van der Waals surface area contributed by atoms with Crippen molar-refractivity contribution in [3.05, 3.63) is 61.8 Å². The number of thiophene rings is 1. The fourth-order valence-corrected chi connectivity index (χ4v) is 2.86. The molecule has 0 spiro atoms. The summed E-state index contributed by atoms with van der Waals surface area (Å²) in [7, 11) is 0. The molecule has 0 atom stereocenters. The molecule has 0 fully saturated rings. The number of aryl methyl sites for hydroxylation is 1. The molecular formula is C15H18N2O2S. The fraction of sp³-hybridized carbons (Fsp3) is 0.333. The Morgan fingerprint density at radius 2 is 1.85 bits per heavy atom. The Hall–Kier alpha value is -1.72. The Labute approximate surface area is 122 Å². The van der Waals surface area contributed by atoms with E-state index in [-0.39, 0.29) is 10.6 Å². The maximum absolute atomic E-state index is 10.6. The van der Waals surface area contributed by atoms with Gasteiger partial charge in [0.25, 0.3) is 5.69 Å². The van der Waals surface area contributed by atoms with Crippen LogP contribution in [0.25, 0.3) is 0 Å². The smallest absolute Gasteiger partial charge is 0.269 e. The average Bonchev–Trinajstić information content (AvgIpc) is 2.92. The predicted octanol–water partition coefficient (Wildman–Crippen LogP) is 3.55. The molecule has 0 bridgehead atoms. The third kappa shape index (κ3) is 4.15. The Bertz CT molecular complexity index is 564. The van der Waals surface area contributed by atoms with E-state index in [0.29, 0.717) is 0 Å². The fourth-order valence-electron chi connectivity index (χ4n) is 1.94. The van der Waals surface area contributed by atoms with E-state index >= 15 is 0 Å². The molecule has 20 heavy (non-hydrogen) atoms. The minimum absolute atomic E-state index is 0.146. The summed E-state index contributed by atoms with van der Waals surface area (Å²) < 4.78 is 0. The SMILES string of the molecule is CCc1ccc(CNCCc2ccc([N+](=O)[O-])cc2)s1. The van der Waals surface area contributed by atoms with E-state index in [1.54, 1.807) is 12.1 Å². The number of nitrogens with one attached hydrogen (secondary N) is 1. The number of benzene rings is 1. The highest BCUT2D eigenvalue weighted by molar-refractivity contribution is 7.11. The Kier molecular flexibility index (Phi) is 5.26. The third-order valence-electron chi connectivity index (χ3n) is 3.10. The van der Waals surface area contributed by atoms with Crippen molar-refractivity contribution in [1.82, 2.24) is 5.32 Å². The quantitative estimate of drug-likeness (QED) is 0.482. The highest BCUT2D eigenvalue weighted by Gasteiger charge is 2.03. The van der Waals surface area contributed by atoms with Crippen LogP contribution in [0.1, 0.15) is 22.2 Å². The first-order valence-electron chi connectivity index (χ1n) is 6.70. The molecule has 2 aromatic rings. The zero-order valence-electron chi connectivity index (χ0n) is 11.5. The summed E-state index contributed by atoms with van der Waals surface area (Å²) in [6, 6.07) is 11.1. The summed E-state index contributed by atoms with van der Waals surface area (Å²) >= 11 is 1.85. The maximum atomic E-state index is 10.6. The van der Waals surface area contributed by atoms with Crippen LogP contribution in [0.15, 0.2) is 36.4 Å². The Morgan fingerprint density at radius 1 is 1.15 bits per heavy atom. The summed E-state index contributed by atoms with van der Waals surface area (Å²) in [5.41, 5.74) is 1.26. The maximum Gasteiger partial charge on any atom is 0.269 e. The first-order valence-corrected chi connectivity index (χ1v) is 7.52. The lowest BCUT2D eigenvalue weighted by molar-refractivity contribution is -0.384. The second kappa shape index (κ2) is 7.17. The first-order chi connectivity index (χ1) is 9.69. The zero-order valence-corrected chi connectivity index (χ0v) is 12.3. The summed E-state index contributed by atoms with van der Waals surface area (Å²) in [6.07, 6.45) is 1.97. The van der Waals surface area contributed by atoms with Crippen molar-refractivity contribution in [3.63, 3.8) is 0 Å². The number of non-ortho nitro benzene ring substituents is 1. The van der Waals surface area contributed by atoms with Gasteiger partial charge in [0.2, 0.25) is 0 Å². The second-order valence-electron chi connectivity index (χ2n) is 4.57. The van der Waals surface area contributed by atoms with Crippen LogP contribution in [-0.2, 0) is 19.4 Å². The van der Waals surface area contributed by atoms with Gasteiger partial charge in [-0.1, -0.05) is 19.1 Å². The molecule has 0 radical (unpaired) electrons. The van der Waals surface area contributed by atoms with Crippen LogP contribution >= 0.6 is 11.3 Å². The van der Waals surface area contributed by atoms with Gasteiger partial charge in [-0.25, -0.2) is 0 Å². The Morgan fingerprint density at radius 3 is 2.45 bits per heavy atom. The van der Waals surface area contributed by atoms with Crippen LogP contribution in [0.5, 0.6) is 0 Å². The van der Waals surface area contributed by atoms with E-state index in [1.165, 1.54) is 9.75 Å². The molecule has 0 aliphatic carbocycles. The first kappa shape index (κ1) is 14.7. The molecule has 1 aromatic heterocycles. The molecule has 0 aliphatic heterocycles. The van der Waals surface area contributed by atoms with Crippen LogP contribution in [0.3, 0.4) is 0 Å². The van der Waals surface area contributed by atoms with Gasteiger partial charge in [-0.3, -0.25) is 10.1 Å². The monoisotopic (exact) mass is 290 g/mol. The highest BCUT2D eigenvalue weighted by atomic mass is 32.1. The van der Waals surface area contributed by atoms with E-state index in [1.807, 2.05) is 23.5 Å². The van der Waals surface area contributed by atoms with Gasteiger partial charge in [0.15, 0.2) is 0 Å². The molecule has 2 rings (SSSR count). The molecule has 0 unspecified atom stereocenters. The van der Waals surface area contributed by atoms with Crippen molar-refractivity contribution in [2.75, 3.05) is 6.54 Å². The van der Waals surface area contributed by atoms with E-state index in [4.69, 9.17) is 0 Å². The van der Waals surface area contributed by atoms with Crippen LogP contribution in [0.2, 0.25) is 0 Å². The lowest BCUT2D eigenvalue weighted by atomic mass is 10.1. The highest BCUT2D eigenvalue weighted by Crippen LogP contribution is 2.16. The van der Waals surface area contributed by atoms with Gasteiger partial charge in [-0.15, -0.1) is 11.3 Å². The third-order valence-corrected chi connectivity index (χ3v) is 4.33. The molecule has 0 aliphatic rings. The molecule has 0 amide bonds. The van der Waals surface area contributed by atoms with E-state index < -0.39 is 0 Å². The number of hydrogen-bond donors (Lipinski definition) is 1. The number of nitro groups is 1. The number of nitrogens with zero attached hydrogens (tertiary/aromatic N) is 1. The molecule has 0 saturated heterocycles. The normalized spacial score (nSPS) is 10.7. The van der Waals surface area contributed by atoms with Gasteiger partial charge in [-0.2, -0.15) is 0 Å². The van der Waals surface area contributed by atoms with Crippen LogP contribution < -0.4 is 5.32 Å². The van der Waals surface area contributed by atoms with Crippen LogP contribution in [0.4, 0.5) is 5.69 Å². The number of hydrogen-bond acceptors (Lipinski definition) is 4. The van der Waals surface area contributed by atoms with Gasteiger partial charge in [0, 0.05) is 28.4 Å². The summed E-state index contributed by atoms with van der Waals surface area (Å²) in [6.45, 7) is 3.92. The molecule has 1 N–H and O–H groups in total. The Balaban J connectivity index is 1.74. The van der Waals surface area contributed by atoms with Crippen molar-refractivity contribution in [2.45, 2.75) is 26.3 Å². The standard InChI is InChI=1S/C15H18N2O2S/c1-2-14-7-8-15(20-14)11-16-10-9-12-3-5-13(6-4-12)17(18)19/h3-8,16H,2,9-11H2,1H3. The van der Waals surface area contributed by atoms with Gasteiger partial charge in [0.05, 0.1) is 4.92 Å². The summed E-state index contributed by atoms with van der Waals surface area (Å²) in [4.78, 5) is 12.9. The minimum atomic E-state index is -0.371. The van der Waals surface area contributed by atoms with Crippen molar-refractivity contribution in [1.29, 1.82) is 0 Å². The molecule has 0 saturated carbocycles. The molecular weight excluding hydrogens is 272 g/mol. The van der Waals surface area contributed by atoms with Gasteiger partial charge in [-0.05, 0) is 37.1 Å². The largest absolute Gasteiger partial charge is 0.312 e. The van der Waals surface area contributed by atoms with Crippen LogP contribution in [0, 0.1) is 10.1 Å². The lowest BCUT2D eigenvalue weighted by Crippen LogP contribution is -2.15. The number of rotatable bonds is 7. The van der Waals surface area contributed by atoms with Crippen molar-refractivity contribution < 1.29 is 4.92 Å². The zero-order chi connectivity index (χ0) is 14.4. The topological polar surface area (TPSA) is 55.2 Å². The van der Waals surface area contributed by atoms with Crippen molar-refractivity contribution >= 4 is 17.0 Å². The second-order valence-corrected chi connectivity index (χ2v) is 5.82. The average molecular weight is 290 g/mol. The van der Waals surface area contributed by atoms with Gasteiger partial charge < -0.3 is 5.32 Å². The molecule has 5 heteroatoms. The molecule has 1 aromatic carbocycles.